The summed E-state index contributed by atoms with van der Waals surface area (Å²) in [7, 11) is 1.91. The molecule has 1 fully saturated rings. The van der Waals surface area contributed by atoms with E-state index < -0.39 is 12.3 Å². The highest BCUT2D eigenvalue weighted by molar-refractivity contribution is 7.71. The summed E-state index contributed by atoms with van der Waals surface area (Å²) in [6.07, 6.45) is 3.00. The third-order valence-corrected chi connectivity index (χ3v) is 5.33. The van der Waals surface area contributed by atoms with Gasteiger partial charge in [0.15, 0.2) is 6.23 Å². The Bertz CT molecular complexity index is 774. The van der Waals surface area contributed by atoms with Crippen LogP contribution in [0.3, 0.4) is 0 Å². The molecule has 0 aliphatic carbocycles. The molecule has 0 spiro atoms. The summed E-state index contributed by atoms with van der Waals surface area (Å²) in [5, 5.41) is 16.2. The van der Waals surface area contributed by atoms with E-state index in [-0.39, 0.29) is 12.0 Å². The Kier molecular flexibility index (Phi) is 5.35. The number of aliphatic hydroxyl groups is 1. The zero-order valence-corrected chi connectivity index (χ0v) is 15.3. The molecule has 1 saturated heterocycles. The van der Waals surface area contributed by atoms with Crippen LogP contribution in [-0.2, 0) is 4.74 Å². The molecule has 0 saturated carbocycles. The van der Waals surface area contributed by atoms with E-state index in [2.05, 4.69) is 43.4 Å². The number of nitrogens with zero attached hydrogens (tertiary/aromatic N) is 1. The van der Waals surface area contributed by atoms with Crippen molar-refractivity contribution in [3.05, 3.63) is 40.7 Å². The van der Waals surface area contributed by atoms with Gasteiger partial charge in [0.05, 0.1) is 6.10 Å². The Morgan fingerprint density at radius 1 is 1.33 bits per heavy atom. The first-order valence-electron chi connectivity index (χ1n) is 8.66. The number of hydrogen-bond acceptors (Lipinski definition) is 4. The van der Waals surface area contributed by atoms with E-state index in [1.54, 1.807) is 0 Å². The van der Waals surface area contributed by atoms with Crippen molar-refractivity contribution in [2.75, 3.05) is 13.6 Å². The summed E-state index contributed by atoms with van der Waals surface area (Å²) in [5.41, 5.74) is 1.21. The number of ether oxygens (including phenoxy) is 1. The van der Waals surface area contributed by atoms with Gasteiger partial charge in [-0.15, -0.1) is 0 Å². The van der Waals surface area contributed by atoms with E-state index in [4.69, 9.17) is 17.0 Å². The number of fused-ring (bicyclic) bond motifs is 1. The van der Waals surface area contributed by atoms with Crippen LogP contribution >= 0.6 is 12.2 Å². The Labute approximate surface area is 148 Å². The number of aryl methyl sites for hydroxylation is 1. The van der Waals surface area contributed by atoms with Crippen molar-refractivity contribution in [1.29, 1.82) is 0 Å². The van der Waals surface area contributed by atoms with Crippen LogP contribution in [0.25, 0.3) is 10.8 Å². The van der Waals surface area contributed by atoms with Gasteiger partial charge in [0, 0.05) is 24.0 Å². The fourth-order valence-electron chi connectivity index (χ4n) is 3.66. The molecule has 130 valence electrons. The summed E-state index contributed by atoms with van der Waals surface area (Å²) >= 11 is 5.69. The quantitative estimate of drug-likeness (QED) is 0.813. The maximum absolute atomic E-state index is 10.8. The molecule has 5 heteroatoms. The summed E-state index contributed by atoms with van der Waals surface area (Å²) in [4.78, 5) is 0. The highest BCUT2D eigenvalue weighted by Gasteiger charge is 2.43. The van der Waals surface area contributed by atoms with Gasteiger partial charge in [-0.25, -0.2) is 0 Å². The molecule has 0 bridgehead atoms. The van der Waals surface area contributed by atoms with Gasteiger partial charge in [0.1, 0.15) is 10.7 Å². The van der Waals surface area contributed by atoms with Crippen LogP contribution in [0, 0.1) is 17.5 Å². The molecule has 2 heterocycles. The summed E-state index contributed by atoms with van der Waals surface area (Å²) < 4.78 is 8.86. The van der Waals surface area contributed by atoms with E-state index in [1.165, 1.54) is 5.56 Å². The number of rotatable bonds is 5. The third-order valence-electron chi connectivity index (χ3n) is 4.90. The van der Waals surface area contributed by atoms with Crippen LogP contribution in [0.2, 0.25) is 0 Å². The first-order chi connectivity index (χ1) is 11.6. The number of nitrogens with one attached hydrogen (secondary N) is 1. The van der Waals surface area contributed by atoms with Crippen molar-refractivity contribution in [3.8, 4) is 0 Å². The second kappa shape index (κ2) is 7.31. The lowest BCUT2D eigenvalue weighted by Crippen LogP contribution is -2.34. The van der Waals surface area contributed by atoms with E-state index >= 15 is 0 Å². The molecule has 0 amide bonds. The Morgan fingerprint density at radius 3 is 2.83 bits per heavy atom. The molecule has 2 aromatic rings. The van der Waals surface area contributed by atoms with Crippen molar-refractivity contribution in [2.45, 2.75) is 45.1 Å². The molecular weight excluding hydrogens is 320 g/mol. The van der Waals surface area contributed by atoms with E-state index in [0.29, 0.717) is 0 Å². The molecule has 1 aromatic carbocycles. The van der Waals surface area contributed by atoms with Gasteiger partial charge in [-0.3, -0.25) is 0 Å². The fourth-order valence-corrected chi connectivity index (χ4v) is 4.01. The Hall–Kier alpha value is -1.27. The lowest BCUT2D eigenvalue weighted by molar-refractivity contribution is -0.0397. The van der Waals surface area contributed by atoms with Crippen molar-refractivity contribution in [3.63, 3.8) is 0 Å². The number of aromatic nitrogens is 1. The smallest absolute Gasteiger partial charge is 0.161 e. The van der Waals surface area contributed by atoms with Gasteiger partial charge in [-0.1, -0.05) is 49.3 Å². The topological polar surface area (TPSA) is 46.4 Å². The average Bonchev–Trinajstić information content (AvgIpc) is 2.85. The first-order valence-corrected chi connectivity index (χ1v) is 9.07. The standard InChI is InChI=1S/C19H26N2O2S/c1-4-5-16-15(11-20-3)17(22)18(23-16)21-9-8-13-10-12(2)6-7-14(13)19(21)24/h6-10,15-18,20,22H,4-5,11H2,1-3H3. The maximum Gasteiger partial charge on any atom is 0.161 e. The molecule has 4 atom stereocenters. The highest BCUT2D eigenvalue weighted by Crippen LogP contribution is 2.36. The fraction of sp³-hybridized carbons (Fsp3) is 0.526. The SMILES string of the molecule is CCCC1OC(n2ccc3cc(C)ccc3c2=S)C(O)C1CNC. The molecule has 4 nitrogen and oxygen atoms in total. The predicted octanol–water partition coefficient (Wildman–Crippen LogP) is 3.57. The third kappa shape index (κ3) is 3.14. The van der Waals surface area contributed by atoms with Gasteiger partial charge in [-0.2, -0.15) is 0 Å². The lowest BCUT2D eigenvalue weighted by atomic mass is 9.95. The minimum Gasteiger partial charge on any atom is -0.388 e. The van der Waals surface area contributed by atoms with Crippen molar-refractivity contribution in [2.24, 2.45) is 5.92 Å². The van der Waals surface area contributed by atoms with Gasteiger partial charge in [-0.05, 0) is 31.8 Å². The average molecular weight is 346 g/mol. The number of pyridine rings is 1. The Morgan fingerprint density at radius 2 is 2.12 bits per heavy atom. The normalized spacial score (nSPS) is 27.0. The number of hydrogen-bond donors (Lipinski definition) is 2. The minimum absolute atomic E-state index is 0.0538. The molecule has 1 aliphatic rings. The van der Waals surface area contributed by atoms with Crippen LogP contribution in [0.5, 0.6) is 0 Å². The van der Waals surface area contributed by atoms with Crippen LogP contribution < -0.4 is 5.32 Å². The molecule has 24 heavy (non-hydrogen) atoms. The zero-order chi connectivity index (χ0) is 17.3. The summed E-state index contributed by atoms with van der Waals surface area (Å²) in [6, 6.07) is 8.30. The molecule has 1 aliphatic heterocycles. The van der Waals surface area contributed by atoms with Crippen LogP contribution in [0.4, 0.5) is 0 Å². The monoisotopic (exact) mass is 346 g/mol. The van der Waals surface area contributed by atoms with E-state index in [9.17, 15) is 5.11 Å². The van der Waals surface area contributed by atoms with Gasteiger partial charge >= 0.3 is 0 Å². The Balaban J connectivity index is 1.99. The van der Waals surface area contributed by atoms with E-state index in [0.717, 1.165) is 34.8 Å². The highest BCUT2D eigenvalue weighted by atomic mass is 32.1. The molecule has 2 N–H and O–H groups in total. The lowest BCUT2D eigenvalue weighted by Gasteiger charge is -2.21. The maximum atomic E-state index is 10.8. The minimum atomic E-state index is -0.566. The second-order valence-corrected chi connectivity index (χ2v) is 7.07. The second-order valence-electron chi connectivity index (χ2n) is 6.68. The van der Waals surface area contributed by atoms with Gasteiger partial charge < -0.3 is 19.7 Å². The molecule has 0 radical (unpaired) electrons. The van der Waals surface area contributed by atoms with E-state index in [1.807, 2.05) is 17.8 Å². The van der Waals surface area contributed by atoms with Crippen LogP contribution in [-0.4, -0.2) is 35.5 Å². The molecule has 3 rings (SSSR count). The van der Waals surface area contributed by atoms with Crippen LogP contribution in [0.15, 0.2) is 30.5 Å². The first kappa shape index (κ1) is 17.5. The predicted molar refractivity (Wildman–Crippen MR) is 99.8 cm³/mol. The van der Waals surface area contributed by atoms with Crippen molar-refractivity contribution >= 4 is 23.0 Å². The zero-order valence-electron chi connectivity index (χ0n) is 14.5. The number of aliphatic hydroxyl groups excluding tert-OH is 1. The number of benzene rings is 1. The molecular formula is C19H26N2O2S. The summed E-state index contributed by atoms with van der Waals surface area (Å²) in [5.74, 6) is 0.0792. The van der Waals surface area contributed by atoms with Gasteiger partial charge in [0.25, 0.3) is 0 Å². The van der Waals surface area contributed by atoms with Crippen molar-refractivity contribution < 1.29 is 9.84 Å². The molecule has 4 unspecified atom stereocenters. The van der Waals surface area contributed by atoms with Gasteiger partial charge in [0.2, 0.25) is 0 Å². The largest absolute Gasteiger partial charge is 0.388 e. The summed E-state index contributed by atoms with van der Waals surface area (Å²) in [6.45, 7) is 4.96. The van der Waals surface area contributed by atoms with Crippen molar-refractivity contribution in [1.82, 2.24) is 9.88 Å². The molecule has 1 aromatic heterocycles. The van der Waals surface area contributed by atoms with Crippen LogP contribution in [0.1, 0.15) is 31.6 Å².